The van der Waals surface area contributed by atoms with Crippen LogP contribution in [0.15, 0.2) is 60.7 Å². The summed E-state index contributed by atoms with van der Waals surface area (Å²) >= 11 is 0. The number of rotatable bonds is 20. The lowest BCUT2D eigenvalue weighted by Crippen LogP contribution is -2.31. The van der Waals surface area contributed by atoms with Crippen LogP contribution in [0.25, 0.3) is 10.8 Å². The molecule has 0 fully saturated rings. The summed E-state index contributed by atoms with van der Waals surface area (Å²) in [7, 11) is 0. The SMILES string of the molecule is C=C(C)C(=O)OC(COCCCC)COc1c2c(c(OCC(COCCCC)OC(=O)C(=C)C)c3ccccc13)CC=CC2. The third kappa shape index (κ3) is 10.2. The smallest absolute Gasteiger partial charge is 0.333 e. The zero-order chi connectivity index (χ0) is 31.9. The fourth-order valence-electron chi connectivity index (χ4n) is 4.65. The van der Waals surface area contributed by atoms with Gasteiger partial charge < -0.3 is 28.4 Å². The number of hydrogen-bond donors (Lipinski definition) is 0. The Labute approximate surface area is 262 Å². The first-order chi connectivity index (χ1) is 21.3. The van der Waals surface area contributed by atoms with Crippen LogP contribution in [0.1, 0.15) is 64.5 Å². The van der Waals surface area contributed by atoms with Gasteiger partial charge in [-0.05, 0) is 39.5 Å². The molecule has 2 atom stereocenters. The van der Waals surface area contributed by atoms with Gasteiger partial charge >= 0.3 is 11.9 Å². The predicted octanol–water partition coefficient (Wildman–Crippen LogP) is 6.86. The second-order valence-electron chi connectivity index (χ2n) is 11.1. The lowest BCUT2D eigenvalue weighted by molar-refractivity contribution is -0.150. The molecule has 0 aromatic heterocycles. The van der Waals surface area contributed by atoms with Gasteiger partial charge in [-0.25, -0.2) is 9.59 Å². The lowest BCUT2D eigenvalue weighted by Gasteiger charge is -2.26. The molecule has 0 amide bonds. The fraction of sp³-hybridized carbons (Fsp3) is 0.500. The quantitative estimate of drug-likeness (QED) is 0.0697. The minimum atomic E-state index is -0.600. The molecule has 0 saturated heterocycles. The summed E-state index contributed by atoms with van der Waals surface area (Å²) in [5.41, 5.74) is 2.66. The van der Waals surface area contributed by atoms with Crippen molar-refractivity contribution in [3.05, 3.63) is 71.8 Å². The summed E-state index contributed by atoms with van der Waals surface area (Å²) in [5.74, 6) is 0.504. The lowest BCUT2D eigenvalue weighted by atomic mass is 9.90. The van der Waals surface area contributed by atoms with Gasteiger partial charge in [-0.15, -0.1) is 0 Å². The third-order valence-electron chi connectivity index (χ3n) is 7.10. The molecule has 2 unspecified atom stereocenters. The van der Waals surface area contributed by atoms with Crippen LogP contribution in [0, 0.1) is 0 Å². The van der Waals surface area contributed by atoms with Crippen LogP contribution in [-0.4, -0.2) is 63.8 Å². The van der Waals surface area contributed by atoms with Gasteiger partial charge in [-0.3, -0.25) is 0 Å². The number of fused-ring (bicyclic) bond motifs is 2. The van der Waals surface area contributed by atoms with Crippen LogP contribution in [0.5, 0.6) is 11.5 Å². The highest BCUT2D eigenvalue weighted by molar-refractivity contribution is 5.96. The number of unbranched alkanes of at least 4 members (excludes halogenated alkanes) is 2. The number of allylic oxidation sites excluding steroid dienone is 2. The number of esters is 2. The van der Waals surface area contributed by atoms with E-state index in [0.29, 0.717) is 37.2 Å². The van der Waals surface area contributed by atoms with E-state index in [1.165, 1.54) is 0 Å². The standard InChI is InChI=1S/C36H48O8/c1-7-9-19-39-21-27(43-35(37)25(3)4)23-41-33-29-15-11-13-17-31(29)34(32-18-14-12-16-30(32)33)42-24-28(22-40-20-10-8-2)44-36(38)26(5)6/h11-15,17,27-28H,3,5,7-10,16,18-24H2,1-2,4,6H3. The molecule has 0 bridgehead atoms. The molecule has 2 aromatic rings. The molecule has 3 rings (SSSR count). The maximum Gasteiger partial charge on any atom is 0.333 e. The number of benzene rings is 2. The molecule has 1 aliphatic rings. The monoisotopic (exact) mass is 608 g/mol. The Morgan fingerprint density at radius 1 is 0.705 bits per heavy atom. The Morgan fingerprint density at radius 3 is 1.48 bits per heavy atom. The number of carbonyl (C=O) groups excluding carboxylic acids is 2. The van der Waals surface area contributed by atoms with Gasteiger partial charge in [0.15, 0.2) is 12.2 Å². The molecule has 0 N–H and O–H groups in total. The van der Waals surface area contributed by atoms with Crippen LogP contribution in [-0.2, 0) is 41.4 Å². The first-order valence-corrected chi connectivity index (χ1v) is 15.6. The van der Waals surface area contributed by atoms with Crippen LogP contribution in [0.2, 0.25) is 0 Å². The Morgan fingerprint density at radius 2 is 1.11 bits per heavy atom. The highest BCUT2D eigenvalue weighted by atomic mass is 16.6. The van der Waals surface area contributed by atoms with Gasteiger partial charge in [0.2, 0.25) is 0 Å². The molecule has 44 heavy (non-hydrogen) atoms. The maximum absolute atomic E-state index is 12.4. The van der Waals surface area contributed by atoms with Crippen molar-refractivity contribution in [3.8, 4) is 11.5 Å². The zero-order valence-electron chi connectivity index (χ0n) is 26.8. The molecule has 1 aliphatic carbocycles. The van der Waals surface area contributed by atoms with Crippen molar-refractivity contribution in [1.29, 1.82) is 0 Å². The molecule has 0 heterocycles. The minimum Gasteiger partial charge on any atom is -0.489 e. The molecule has 0 spiro atoms. The summed E-state index contributed by atoms with van der Waals surface area (Å²) < 4.78 is 35.9. The molecule has 8 heteroatoms. The van der Waals surface area contributed by atoms with E-state index in [0.717, 1.165) is 59.1 Å². The molecule has 0 saturated carbocycles. The molecule has 8 nitrogen and oxygen atoms in total. The summed E-state index contributed by atoms with van der Waals surface area (Å²) in [6.07, 6.45) is 8.20. The number of ether oxygens (including phenoxy) is 6. The molecular formula is C36H48O8. The third-order valence-corrected chi connectivity index (χ3v) is 7.10. The number of carbonyl (C=O) groups is 2. The summed E-state index contributed by atoms with van der Waals surface area (Å²) in [6, 6.07) is 7.90. The van der Waals surface area contributed by atoms with E-state index in [-0.39, 0.29) is 26.4 Å². The van der Waals surface area contributed by atoms with Gasteiger partial charge in [-0.1, -0.05) is 76.3 Å². The fourth-order valence-corrected chi connectivity index (χ4v) is 4.65. The van der Waals surface area contributed by atoms with E-state index in [1.807, 2.05) is 24.3 Å². The summed E-state index contributed by atoms with van der Waals surface area (Å²) in [5, 5.41) is 1.76. The van der Waals surface area contributed by atoms with Gasteiger partial charge in [0.1, 0.15) is 24.7 Å². The van der Waals surface area contributed by atoms with E-state index in [9.17, 15) is 9.59 Å². The van der Waals surface area contributed by atoms with Crippen LogP contribution in [0.3, 0.4) is 0 Å². The summed E-state index contributed by atoms with van der Waals surface area (Å²) in [6.45, 7) is 16.7. The van der Waals surface area contributed by atoms with Gasteiger partial charge in [0.05, 0.1) is 13.2 Å². The van der Waals surface area contributed by atoms with Crippen molar-refractivity contribution in [2.45, 2.75) is 78.4 Å². The molecule has 240 valence electrons. The largest absolute Gasteiger partial charge is 0.489 e. The Hall–Kier alpha value is -3.62. The molecular weight excluding hydrogens is 560 g/mol. The average molecular weight is 609 g/mol. The number of hydrogen-bond acceptors (Lipinski definition) is 8. The summed E-state index contributed by atoms with van der Waals surface area (Å²) in [4.78, 5) is 24.7. The van der Waals surface area contributed by atoms with Gasteiger partial charge in [0.25, 0.3) is 0 Å². The normalized spacial score (nSPS) is 13.5. The van der Waals surface area contributed by atoms with E-state index < -0.39 is 24.1 Å². The molecule has 2 aromatic carbocycles. The Kier molecular flexibility index (Phi) is 14.5. The highest BCUT2D eigenvalue weighted by Gasteiger charge is 2.25. The van der Waals surface area contributed by atoms with E-state index in [1.54, 1.807) is 13.8 Å². The van der Waals surface area contributed by atoms with Gasteiger partial charge in [0, 0.05) is 46.3 Å². The van der Waals surface area contributed by atoms with Crippen molar-refractivity contribution < 1.29 is 38.0 Å². The first kappa shape index (κ1) is 34.9. The van der Waals surface area contributed by atoms with Crippen molar-refractivity contribution in [1.82, 2.24) is 0 Å². The average Bonchev–Trinajstić information content (AvgIpc) is 3.02. The maximum atomic E-state index is 12.4. The van der Waals surface area contributed by atoms with E-state index in [2.05, 4.69) is 39.2 Å². The van der Waals surface area contributed by atoms with E-state index in [4.69, 9.17) is 28.4 Å². The first-order valence-electron chi connectivity index (χ1n) is 15.6. The van der Waals surface area contributed by atoms with Crippen LogP contribution < -0.4 is 9.47 Å². The Balaban J connectivity index is 1.89. The van der Waals surface area contributed by atoms with Crippen molar-refractivity contribution in [3.63, 3.8) is 0 Å². The van der Waals surface area contributed by atoms with Crippen molar-refractivity contribution in [2.24, 2.45) is 0 Å². The van der Waals surface area contributed by atoms with Crippen LogP contribution in [0.4, 0.5) is 0 Å². The topological polar surface area (TPSA) is 89.5 Å². The second-order valence-corrected chi connectivity index (χ2v) is 11.1. The van der Waals surface area contributed by atoms with E-state index >= 15 is 0 Å². The highest BCUT2D eigenvalue weighted by Crippen LogP contribution is 2.43. The zero-order valence-corrected chi connectivity index (χ0v) is 26.8. The molecule has 0 aliphatic heterocycles. The van der Waals surface area contributed by atoms with Gasteiger partial charge in [-0.2, -0.15) is 0 Å². The predicted molar refractivity (Wildman–Crippen MR) is 172 cm³/mol. The Bertz CT molecular complexity index is 1210. The van der Waals surface area contributed by atoms with Crippen LogP contribution >= 0.6 is 0 Å². The molecule has 0 radical (unpaired) electrons. The minimum absolute atomic E-state index is 0.125. The second kappa shape index (κ2) is 18.2. The van der Waals surface area contributed by atoms with Crippen molar-refractivity contribution in [2.75, 3.05) is 39.6 Å². The van der Waals surface area contributed by atoms with Crippen molar-refractivity contribution >= 4 is 22.7 Å².